The van der Waals surface area contributed by atoms with Crippen LogP contribution in [0.25, 0.3) is 11.1 Å². The number of benzene rings is 1. The lowest BCUT2D eigenvalue weighted by Gasteiger charge is -2.21. The van der Waals surface area contributed by atoms with E-state index in [-0.39, 0.29) is 11.3 Å². The predicted octanol–water partition coefficient (Wildman–Crippen LogP) is 4.77. The number of alkyl halides is 3. The van der Waals surface area contributed by atoms with Crippen molar-refractivity contribution in [3.8, 4) is 22.9 Å². The van der Waals surface area contributed by atoms with Gasteiger partial charge in [-0.25, -0.2) is 4.98 Å². The second-order valence-electron chi connectivity index (χ2n) is 7.39. The maximum atomic E-state index is 12.8. The Kier molecular flexibility index (Phi) is 6.13. The number of nitrogens with zero attached hydrogens (tertiary/aromatic N) is 4. The maximum absolute atomic E-state index is 12.8. The van der Waals surface area contributed by atoms with Gasteiger partial charge in [-0.2, -0.15) is 5.26 Å². The number of amides is 1. The lowest BCUT2D eigenvalue weighted by molar-refractivity contribution is -0.274. The van der Waals surface area contributed by atoms with Crippen molar-refractivity contribution >= 4 is 17.4 Å². The van der Waals surface area contributed by atoms with E-state index in [0.29, 0.717) is 28.2 Å². The van der Waals surface area contributed by atoms with E-state index in [1.165, 1.54) is 24.5 Å². The first-order chi connectivity index (χ1) is 15.8. The number of aromatic nitrogens is 2. The molecule has 0 radical (unpaired) electrons. The first-order valence-corrected chi connectivity index (χ1v) is 10.1. The van der Waals surface area contributed by atoms with E-state index >= 15 is 0 Å². The zero-order chi connectivity index (χ0) is 23.4. The first-order valence-electron chi connectivity index (χ1n) is 10.1. The summed E-state index contributed by atoms with van der Waals surface area (Å²) >= 11 is 0. The zero-order valence-corrected chi connectivity index (χ0v) is 17.3. The molecule has 2 aromatic heterocycles. The number of hydrogen-bond acceptors (Lipinski definition) is 6. The number of rotatable bonds is 5. The van der Waals surface area contributed by atoms with Gasteiger partial charge in [-0.3, -0.25) is 9.78 Å². The van der Waals surface area contributed by atoms with Crippen molar-refractivity contribution in [2.45, 2.75) is 19.2 Å². The quantitative estimate of drug-likeness (QED) is 0.599. The second kappa shape index (κ2) is 9.16. The minimum Gasteiger partial charge on any atom is -0.406 e. The molecule has 1 amide bonds. The molecule has 7 nitrogen and oxygen atoms in total. The molecule has 1 aliphatic rings. The van der Waals surface area contributed by atoms with E-state index in [4.69, 9.17) is 0 Å². The molecule has 168 valence electrons. The highest BCUT2D eigenvalue weighted by Gasteiger charge is 2.31. The molecule has 1 N–H and O–H groups in total. The molecule has 0 atom stereocenters. The second-order valence-corrected chi connectivity index (χ2v) is 7.39. The minimum atomic E-state index is -4.79. The lowest BCUT2D eigenvalue weighted by Crippen LogP contribution is -2.21. The van der Waals surface area contributed by atoms with Crippen molar-refractivity contribution in [1.29, 1.82) is 5.26 Å². The van der Waals surface area contributed by atoms with Gasteiger partial charge in [-0.05, 0) is 49.2 Å². The molecule has 0 saturated carbocycles. The van der Waals surface area contributed by atoms with Gasteiger partial charge in [-0.15, -0.1) is 13.2 Å². The molecule has 1 aliphatic heterocycles. The molecule has 0 unspecified atom stereocenters. The molecule has 0 bridgehead atoms. The van der Waals surface area contributed by atoms with Crippen LogP contribution in [0.5, 0.6) is 5.75 Å². The third-order valence-electron chi connectivity index (χ3n) is 5.06. The standard InChI is InChI=1S/C23H18F3N5O2/c24-23(25,26)33-19-5-3-18(4-6-19)30-22(32)17-10-20(16-9-15(11-27)12-28-13-16)21(29-14-17)31-7-1-2-8-31/h3-6,9-10,12-14H,1-2,7-8H2,(H,30,32). The molecule has 4 rings (SSSR count). The summed E-state index contributed by atoms with van der Waals surface area (Å²) < 4.78 is 40.8. The average Bonchev–Trinajstić information content (AvgIpc) is 3.34. The van der Waals surface area contributed by atoms with Crippen LogP contribution in [0, 0.1) is 11.3 Å². The lowest BCUT2D eigenvalue weighted by atomic mass is 10.0. The van der Waals surface area contributed by atoms with E-state index in [0.717, 1.165) is 38.1 Å². The Morgan fingerprint density at radius 3 is 2.48 bits per heavy atom. The van der Waals surface area contributed by atoms with Crippen LogP contribution in [0.1, 0.15) is 28.8 Å². The van der Waals surface area contributed by atoms with Gasteiger partial charge in [0, 0.05) is 48.5 Å². The molecule has 1 fully saturated rings. The molecule has 0 aliphatic carbocycles. The highest BCUT2D eigenvalue weighted by molar-refractivity contribution is 6.05. The Bertz CT molecular complexity index is 1200. The molecule has 3 heterocycles. The largest absolute Gasteiger partial charge is 0.573 e. The van der Waals surface area contributed by atoms with E-state index in [9.17, 15) is 23.2 Å². The van der Waals surface area contributed by atoms with Gasteiger partial charge in [0.2, 0.25) is 0 Å². The summed E-state index contributed by atoms with van der Waals surface area (Å²) in [5, 5.41) is 11.9. The number of pyridine rings is 2. The molecule has 0 spiro atoms. The number of carbonyl (C=O) groups is 1. The summed E-state index contributed by atoms with van der Waals surface area (Å²) in [5.41, 5.74) is 2.27. The highest BCUT2D eigenvalue weighted by atomic mass is 19.4. The minimum absolute atomic E-state index is 0.255. The molecular formula is C23H18F3N5O2. The number of anilines is 2. The third-order valence-corrected chi connectivity index (χ3v) is 5.06. The van der Waals surface area contributed by atoms with Gasteiger partial charge >= 0.3 is 6.36 Å². The van der Waals surface area contributed by atoms with E-state index in [1.807, 2.05) is 0 Å². The topological polar surface area (TPSA) is 91.1 Å². The first kappa shape index (κ1) is 22.1. The summed E-state index contributed by atoms with van der Waals surface area (Å²) in [4.78, 5) is 23.6. The van der Waals surface area contributed by atoms with Crippen LogP contribution in [0.15, 0.2) is 55.0 Å². The molecule has 10 heteroatoms. The Balaban J connectivity index is 1.61. The van der Waals surface area contributed by atoms with Crippen LogP contribution in [0.2, 0.25) is 0 Å². The summed E-state index contributed by atoms with van der Waals surface area (Å²) in [6.45, 7) is 1.67. The van der Waals surface area contributed by atoms with Gasteiger partial charge in [-0.1, -0.05) is 0 Å². The van der Waals surface area contributed by atoms with Crippen LogP contribution < -0.4 is 15.0 Å². The Morgan fingerprint density at radius 2 is 1.82 bits per heavy atom. The van der Waals surface area contributed by atoms with Crippen LogP contribution >= 0.6 is 0 Å². The van der Waals surface area contributed by atoms with Crippen LogP contribution in [-0.2, 0) is 0 Å². The Hall–Kier alpha value is -4.13. The zero-order valence-electron chi connectivity index (χ0n) is 17.3. The van der Waals surface area contributed by atoms with Gasteiger partial charge in [0.05, 0.1) is 11.1 Å². The fourth-order valence-corrected chi connectivity index (χ4v) is 3.57. The molecule has 3 aromatic rings. The average molecular weight is 453 g/mol. The number of nitriles is 1. The number of hydrogen-bond donors (Lipinski definition) is 1. The van der Waals surface area contributed by atoms with Crippen molar-refractivity contribution in [2.24, 2.45) is 0 Å². The van der Waals surface area contributed by atoms with Gasteiger partial charge in [0.25, 0.3) is 5.91 Å². The SMILES string of the molecule is N#Cc1cncc(-c2cc(C(=O)Nc3ccc(OC(F)(F)F)cc3)cnc2N2CCCC2)c1. The fraction of sp³-hybridized carbons (Fsp3) is 0.217. The Morgan fingerprint density at radius 1 is 1.09 bits per heavy atom. The molecular weight excluding hydrogens is 435 g/mol. The summed E-state index contributed by atoms with van der Waals surface area (Å²) in [7, 11) is 0. The fourth-order valence-electron chi connectivity index (χ4n) is 3.57. The van der Waals surface area contributed by atoms with Crippen LogP contribution in [0.4, 0.5) is 24.7 Å². The summed E-state index contributed by atoms with van der Waals surface area (Å²) in [5.74, 6) is -0.163. The van der Waals surface area contributed by atoms with Crippen molar-refractivity contribution < 1.29 is 22.7 Å². The van der Waals surface area contributed by atoms with Crippen molar-refractivity contribution in [3.63, 3.8) is 0 Å². The van der Waals surface area contributed by atoms with Crippen molar-refractivity contribution in [2.75, 3.05) is 23.3 Å². The number of carbonyl (C=O) groups excluding carboxylic acids is 1. The summed E-state index contributed by atoms with van der Waals surface area (Å²) in [6.07, 6.45) is 1.80. The molecule has 1 aromatic carbocycles. The van der Waals surface area contributed by atoms with Crippen molar-refractivity contribution in [1.82, 2.24) is 9.97 Å². The smallest absolute Gasteiger partial charge is 0.406 e. The van der Waals surface area contributed by atoms with E-state index < -0.39 is 12.3 Å². The van der Waals surface area contributed by atoms with Gasteiger partial charge in [0.15, 0.2) is 0 Å². The van der Waals surface area contributed by atoms with Gasteiger partial charge in [0.1, 0.15) is 17.6 Å². The number of nitrogens with one attached hydrogen (secondary N) is 1. The van der Waals surface area contributed by atoms with E-state index in [2.05, 4.69) is 31.0 Å². The summed E-state index contributed by atoms with van der Waals surface area (Å²) in [6, 6.07) is 10.3. The monoisotopic (exact) mass is 453 g/mol. The Labute approximate surface area is 187 Å². The highest BCUT2D eigenvalue weighted by Crippen LogP contribution is 2.32. The molecule has 1 saturated heterocycles. The number of ether oxygens (including phenoxy) is 1. The predicted molar refractivity (Wildman–Crippen MR) is 115 cm³/mol. The van der Waals surface area contributed by atoms with E-state index in [1.54, 1.807) is 18.3 Å². The van der Waals surface area contributed by atoms with Crippen LogP contribution in [0.3, 0.4) is 0 Å². The third kappa shape index (κ3) is 5.38. The van der Waals surface area contributed by atoms with Crippen LogP contribution in [-0.4, -0.2) is 35.3 Å². The maximum Gasteiger partial charge on any atom is 0.573 e. The van der Waals surface area contributed by atoms with Crippen molar-refractivity contribution in [3.05, 3.63) is 66.1 Å². The number of halogens is 3. The van der Waals surface area contributed by atoms with Gasteiger partial charge < -0.3 is 15.0 Å². The normalized spacial score (nSPS) is 13.5. The molecule has 33 heavy (non-hydrogen) atoms.